The molecular weight excluding hydrogens is 529 g/mol. The van der Waals surface area contributed by atoms with E-state index in [9.17, 15) is 9.59 Å². The lowest BCUT2D eigenvalue weighted by Crippen LogP contribution is -2.20. The van der Waals surface area contributed by atoms with Gasteiger partial charge in [-0.15, -0.1) is 0 Å². The summed E-state index contributed by atoms with van der Waals surface area (Å²) in [6.07, 6.45) is 3.09. The fourth-order valence-corrected chi connectivity index (χ4v) is 3.29. The number of ether oxygens (including phenoxy) is 4. The Hall–Kier alpha value is -3.28. The van der Waals surface area contributed by atoms with E-state index < -0.39 is 11.8 Å². The molecule has 2 rings (SSSR count). The number of nitrogens with one attached hydrogen (secondary N) is 1. The fraction of sp³-hybridized carbons (Fsp3) is 0.227. The predicted molar refractivity (Wildman–Crippen MR) is 129 cm³/mol. The van der Waals surface area contributed by atoms with Gasteiger partial charge in [0.1, 0.15) is 6.61 Å². The van der Waals surface area contributed by atoms with Gasteiger partial charge in [-0.3, -0.25) is 9.59 Å². The van der Waals surface area contributed by atoms with Crippen molar-refractivity contribution in [1.29, 1.82) is 0 Å². The number of nitrogens with zero attached hydrogens (tertiary/aromatic N) is 1. The summed E-state index contributed by atoms with van der Waals surface area (Å²) in [5, 5.41) is 4.00. The number of carbonyl (C=O) groups excluding carboxylic acids is 2. The Kier molecular flexibility index (Phi) is 9.79. The molecule has 0 fully saturated rings. The van der Waals surface area contributed by atoms with Crippen LogP contribution in [0.4, 0.5) is 0 Å². The number of halogens is 1. The topological polar surface area (TPSA) is 121 Å². The maximum atomic E-state index is 12.5. The van der Waals surface area contributed by atoms with Gasteiger partial charge in [0.2, 0.25) is 0 Å². The molecule has 0 aliphatic carbocycles. The third-order valence-corrected chi connectivity index (χ3v) is 4.65. The number of benzene rings is 2. The van der Waals surface area contributed by atoms with Crippen molar-refractivity contribution >= 4 is 40.6 Å². The van der Waals surface area contributed by atoms with E-state index in [-0.39, 0.29) is 6.61 Å². The molecular formula is C22H24IN3O6. The minimum absolute atomic E-state index is 0.267. The Bertz CT molecular complexity index is 1010. The monoisotopic (exact) mass is 553 g/mol. The van der Waals surface area contributed by atoms with Gasteiger partial charge in [0.15, 0.2) is 29.6 Å². The number of methoxy groups -OCH3 is 1. The molecule has 2 amide bonds. The average Bonchev–Trinajstić information content (AvgIpc) is 2.77. The second kappa shape index (κ2) is 12.5. The van der Waals surface area contributed by atoms with Crippen LogP contribution in [-0.4, -0.2) is 45.0 Å². The molecule has 0 atom stereocenters. The van der Waals surface area contributed by atoms with Crippen molar-refractivity contribution in [2.24, 2.45) is 10.8 Å². The highest BCUT2D eigenvalue weighted by Crippen LogP contribution is 2.33. The van der Waals surface area contributed by atoms with Crippen molar-refractivity contribution in [1.82, 2.24) is 5.43 Å². The summed E-state index contributed by atoms with van der Waals surface area (Å²) in [7, 11) is 1.48. The zero-order valence-corrected chi connectivity index (χ0v) is 19.9. The van der Waals surface area contributed by atoms with Gasteiger partial charge in [-0.05, 0) is 65.4 Å². The molecule has 9 nitrogen and oxygen atoms in total. The standard InChI is InChI=1S/C22H24IN3O6/c1-4-8-31-17-7-6-15(11-18(17)30-5-2)22(28)26-25-12-14-9-16(23)21(19(10-14)29-3)32-13-20(24)27/h4,6-7,9-12H,1,5,8,13H2,2-3H3,(H2,24,27)(H,26,28)/b25-12+. The summed E-state index contributed by atoms with van der Waals surface area (Å²) >= 11 is 2.04. The molecule has 2 aromatic carbocycles. The highest BCUT2D eigenvalue weighted by Gasteiger charge is 2.13. The number of carbonyl (C=O) groups is 2. The predicted octanol–water partition coefficient (Wildman–Crippen LogP) is 2.89. The average molecular weight is 553 g/mol. The maximum absolute atomic E-state index is 12.5. The van der Waals surface area contributed by atoms with E-state index in [1.807, 2.05) is 29.5 Å². The normalized spacial score (nSPS) is 10.5. The summed E-state index contributed by atoms with van der Waals surface area (Å²) in [6.45, 7) is 5.94. The Morgan fingerprint density at radius 2 is 1.94 bits per heavy atom. The first-order valence-electron chi connectivity index (χ1n) is 9.52. The summed E-state index contributed by atoms with van der Waals surface area (Å²) in [4.78, 5) is 23.5. The Labute approximate surface area is 199 Å². The van der Waals surface area contributed by atoms with Crippen LogP contribution in [-0.2, 0) is 4.79 Å². The fourth-order valence-electron chi connectivity index (χ4n) is 2.51. The van der Waals surface area contributed by atoms with E-state index in [4.69, 9.17) is 24.7 Å². The zero-order chi connectivity index (χ0) is 23.5. The smallest absolute Gasteiger partial charge is 0.271 e. The van der Waals surface area contributed by atoms with Crippen LogP contribution in [0.1, 0.15) is 22.8 Å². The van der Waals surface area contributed by atoms with E-state index in [2.05, 4.69) is 17.1 Å². The van der Waals surface area contributed by atoms with E-state index in [1.165, 1.54) is 13.3 Å². The van der Waals surface area contributed by atoms with E-state index >= 15 is 0 Å². The Balaban J connectivity index is 2.12. The lowest BCUT2D eigenvalue weighted by Gasteiger charge is -2.12. The molecule has 0 saturated carbocycles. The summed E-state index contributed by atoms with van der Waals surface area (Å²) in [5.74, 6) is 0.770. The highest BCUT2D eigenvalue weighted by atomic mass is 127. The van der Waals surface area contributed by atoms with Gasteiger partial charge in [-0.2, -0.15) is 5.10 Å². The van der Waals surface area contributed by atoms with Crippen LogP contribution < -0.4 is 30.1 Å². The van der Waals surface area contributed by atoms with Gasteiger partial charge < -0.3 is 24.7 Å². The molecule has 0 radical (unpaired) electrons. The summed E-state index contributed by atoms with van der Waals surface area (Å²) in [6, 6.07) is 8.28. The molecule has 0 bridgehead atoms. The SMILES string of the molecule is C=CCOc1ccc(C(=O)N/N=C/c2cc(I)c(OCC(N)=O)c(OC)c2)cc1OCC. The first-order valence-corrected chi connectivity index (χ1v) is 10.6. The van der Waals surface area contributed by atoms with Crippen molar-refractivity contribution < 1.29 is 28.5 Å². The lowest BCUT2D eigenvalue weighted by atomic mass is 10.2. The van der Waals surface area contributed by atoms with Gasteiger partial charge >= 0.3 is 0 Å². The molecule has 32 heavy (non-hydrogen) atoms. The maximum Gasteiger partial charge on any atom is 0.271 e. The lowest BCUT2D eigenvalue weighted by molar-refractivity contribution is -0.119. The highest BCUT2D eigenvalue weighted by molar-refractivity contribution is 14.1. The third-order valence-electron chi connectivity index (χ3n) is 3.85. The first-order chi connectivity index (χ1) is 15.4. The molecule has 0 aliphatic rings. The molecule has 0 heterocycles. The second-order valence-corrected chi connectivity index (χ2v) is 7.34. The van der Waals surface area contributed by atoms with Crippen molar-refractivity contribution in [3.05, 3.63) is 57.7 Å². The number of amides is 2. The van der Waals surface area contributed by atoms with Crippen molar-refractivity contribution in [3.63, 3.8) is 0 Å². The molecule has 0 saturated heterocycles. The minimum atomic E-state index is -0.594. The van der Waals surface area contributed by atoms with Crippen LogP contribution >= 0.6 is 22.6 Å². The molecule has 0 unspecified atom stereocenters. The van der Waals surface area contributed by atoms with Gasteiger partial charge in [0.25, 0.3) is 11.8 Å². The van der Waals surface area contributed by atoms with Crippen LogP contribution in [0, 0.1) is 3.57 Å². The number of hydrogen-bond donors (Lipinski definition) is 2. The number of hydrogen-bond acceptors (Lipinski definition) is 7. The van der Waals surface area contributed by atoms with E-state index in [1.54, 1.807) is 36.4 Å². The quantitative estimate of drug-likeness (QED) is 0.181. The third kappa shape index (κ3) is 7.15. The molecule has 170 valence electrons. The van der Waals surface area contributed by atoms with Crippen molar-refractivity contribution in [2.75, 3.05) is 26.9 Å². The Morgan fingerprint density at radius 3 is 2.59 bits per heavy atom. The minimum Gasteiger partial charge on any atom is -0.493 e. The summed E-state index contributed by atoms with van der Waals surface area (Å²) < 4.78 is 22.5. The first kappa shape index (κ1) is 25.0. The number of primary amides is 1. The van der Waals surface area contributed by atoms with Crippen LogP contribution in [0.2, 0.25) is 0 Å². The Morgan fingerprint density at radius 1 is 1.16 bits per heavy atom. The number of rotatable bonds is 12. The largest absolute Gasteiger partial charge is 0.493 e. The van der Waals surface area contributed by atoms with Crippen LogP contribution in [0.25, 0.3) is 0 Å². The van der Waals surface area contributed by atoms with Crippen LogP contribution in [0.5, 0.6) is 23.0 Å². The van der Waals surface area contributed by atoms with Gasteiger partial charge in [0.05, 0.1) is 23.5 Å². The van der Waals surface area contributed by atoms with Crippen molar-refractivity contribution in [3.8, 4) is 23.0 Å². The van der Waals surface area contributed by atoms with E-state index in [0.29, 0.717) is 50.9 Å². The van der Waals surface area contributed by atoms with Gasteiger partial charge in [0, 0.05) is 5.56 Å². The van der Waals surface area contributed by atoms with Crippen LogP contribution in [0.3, 0.4) is 0 Å². The van der Waals surface area contributed by atoms with Gasteiger partial charge in [-0.1, -0.05) is 12.7 Å². The molecule has 2 aromatic rings. The number of nitrogens with two attached hydrogens (primary N) is 1. The molecule has 0 aliphatic heterocycles. The van der Waals surface area contributed by atoms with Crippen molar-refractivity contribution in [2.45, 2.75) is 6.92 Å². The molecule has 0 aromatic heterocycles. The summed E-state index contributed by atoms with van der Waals surface area (Å²) in [5.41, 5.74) is 8.61. The zero-order valence-electron chi connectivity index (χ0n) is 17.7. The van der Waals surface area contributed by atoms with Crippen LogP contribution in [0.15, 0.2) is 48.1 Å². The molecule has 3 N–H and O–H groups in total. The molecule has 10 heteroatoms. The second-order valence-electron chi connectivity index (χ2n) is 6.18. The molecule has 0 spiro atoms. The van der Waals surface area contributed by atoms with Gasteiger partial charge in [-0.25, -0.2) is 5.43 Å². The van der Waals surface area contributed by atoms with E-state index in [0.717, 1.165) is 0 Å². The number of hydrazone groups is 1.